The van der Waals surface area contributed by atoms with Crippen molar-refractivity contribution in [2.24, 2.45) is 0 Å². The Morgan fingerprint density at radius 2 is 1.97 bits per heavy atom. The van der Waals surface area contributed by atoms with Gasteiger partial charge in [0.1, 0.15) is 5.75 Å². The highest BCUT2D eigenvalue weighted by molar-refractivity contribution is 7.99. The van der Waals surface area contributed by atoms with E-state index in [1.165, 1.54) is 35.3 Å². The maximum atomic E-state index is 8.99. The number of hydrogen-bond donors (Lipinski definition) is 2. The molecule has 1 heterocycles. The van der Waals surface area contributed by atoms with Crippen molar-refractivity contribution in [1.82, 2.24) is 5.32 Å². The number of aliphatic hydroxyl groups excluding tert-OH is 1. The number of rotatable bonds is 11. The third-order valence-corrected chi connectivity index (χ3v) is 7.61. The van der Waals surface area contributed by atoms with Gasteiger partial charge in [0.05, 0.1) is 33.0 Å². The number of aliphatic hydroxyl groups is 1. The van der Waals surface area contributed by atoms with Crippen LogP contribution in [0.2, 0.25) is 0 Å². The van der Waals surface area contributed by atoms with Gasteiger partial charge in [0, 0.05) is 16.2 Å². The molecule has 0 saturated carbocycles. The third kappa shape index (κ3) is 6.04. The molecular weight excluding hydrogens is 406 g/mol. The van der Waals surface area contributed by atoms with Crippen LogP contribution in [0.4, 0.5) is 0 Å². The van der Waals surface area contributed by atoms with Gasteiger partial charge < -0.3 is 14.6 Å². The Morgan fingerprint density at radius 3 is 2.65 bits per heavy atom. The monoisotopic (exact) mass is 443 g/mol. The average Bonchev–Trinajstić information content (AvgIpc) is 2.98. The Balaban J connectivity index is 2.01. The fraction of sp³-hybridized carbons (Fsp3) is 0.538. The van der Waals surface area contributed by atoms with Crippen molar-refractivity contribution >= 4 is 11.8 Å². The Labute approximate surface area is 191 Å². The summed E-state index contributed by atoms with van der Waals surface area (Å²) in [5, 5.41) is 13.1. The van der Waals surface area contributed by atoms with E-state index in [4.69, 9.17) is 14.6 Å². The van der Waals surface area contributed by atoms with E-state index in [0.717, 1.165) is 29.9 Å². The Hall–Kier alpha value is -1.53. The number of fused-ring (bicyclic) bond motifs is 1. The van der Waals surface area contributed by atoms with Crippen LogP contribution in [0.3, 0.4) is 0 Å². The molecule has 170 valence electrons. The van der Waals surface area contributed by atoms with E-state index in [9.17, 15) is 0 Å². The van der Waals surface area contributed by atoms with Gasteiger partial charge in [0.15, 0.2) is 0 Å². The second-order valence-electron chi connectivity index (χ2n) is 8.30. The number of unbranched alkanes of at least 4 members (excludes halogenated alkanes) is 1. The molecule has 2 N–H and O–H groups in total. The topological polar surface area (TPSA) is 50.7 Å². The Kier molecular flexibility index (Phi) is 9.27. The van der Waals surface area contributed by atoms with E-state index in [1.807, 2.05) is 11.8 Å². The lowest BCUT2D eigenvalue weighted by molar-refractivity contribution is 0.0941. The molecule has 31 heavy (non-hydrogen) atoms. The first kappa shape index (κ1) is 24.1. The molecule has 2 aromatic carbocycles. The van der Waals surface area contributed by atoms with Gasteiger partial charge in [-0.2, -0.15) is 0 Å². The molecule has 0 aromatic heterocycles. The first-order valence-electron chi connectivity index (χ1n) is 11.5. The highest BCUT2D eigenvalue weighted by Gasteiger charge is 2.36. The normalized spacial score (nSPS) is 20.8. The zero-order valence-corrected chi connectivity index (χ0v) is 20.0. The van der Waals surface area contributed by atoms with Crippen molar-refractivity contribution in [3.8, 4) is 5.75 Å². The summed E-state index contributed by atoms with van der Waals surface area (Å²) < 4.78 is 11.3. The molecule has 2 aromatic rings. The summed E-state index contributed by atoms with van der Waals surface area (Å²) in [6.45, 7) is 5.57. The van der Waals surface area contributed by atoms with Crippen LogP contribution in [0, 0.1) is 0 Å². The lowest BCUT2D eigenvalue weighted by atomic mass is 9.87. The minimum atomic E-state index is 0.0504. The van der Waals surface area contributed by atoms with Crippen molar-refractivity contribution in [1.29, 1.82) is 0 Å². The molecule has 0 spiro atoms. The number of nitrogens with one attached hydrogen (secondary N) is 1. The Morgan fingerprint density at radius 1 is 1.16 bits per heavy atom. The summed E-state index contributed by atoms with van der Waals surface area (Å²) in [5.41, 5.74) is 3.88. The lowest BCUT2D eigenvalue weighted by Gasteiger charge is -2.36. The number of hydrogen-bond acceptors (Lipinski definition) is 5. The van der Waals surface area contributed by atoms with Gasteiger partial charge in [-0.1, -0.05) is 57.0 Å². The van der Waals surface area contributed by atoms with Crippen LogP contribution in [0.5, 0.6) is 5.75 Å². The molecule has 0 unspecified atom stereocenters. The van der Waals surface area contributed by atoms with Crippen molar-refractivity contribution in [2.45, 2.75) is 62.4 Å². The summed E-state index contributed by atoms with van der Waals surface area (Å²) in [4.78, 5) is 1.30. The van der Waals surface area contributed by atoms with Crippen molar-refractivity contribution < 1.29 is 14.6 Å². The molecule has 0 bridgehead atoms. The Bertz CT molecular complexity index is 814. The fourth-order valence-corrected chi connectivity index (χ4v) is 5.70. The standard InChI is InChI=1S/C26H37NO3S/c1-4-6-13-26(5-2)19-31-24-18-23(29-3)21(12-15-30-16-14-28)17-22(24)25(27-26)20-10-8-7-9-11-20/h7-11,17-18,25,27-28H,4-6,12-16,19H2,1-3H3/t25-,26+/m0/s1. The molecular formula is C26H37NO3S. The van der Waals surface area contributed by atoms with Crippen LogP contribution in [-0.4, -0.2) is 43.3 Å². The van der Waals surface area contributed by atoms with E-state index in [0.29, 0.717) is 13.2 Å². The van der Waals surface area contributed by atoms with Crippen molar-refractivity contribution in [2.75, 3.05) is 32.7 Å². The van der Waals surface area contributed by atoms with Crippen LogP contribution < -0.4 is 10.1 Å². The molecule has 4 nitrogen and oxygen atoms in total. The number of ether oxygens (including phenoxy) is 2. The molecule has 1 aliphatic rings. The van der Waals surface area contributed by atoms with Crippen molar-refractivity contribution in [3.05, 3.63) is 59.2 Å². The van der Waals surface area contributed by atoms with Gasteiger partial charge in [0.2, 0.25) is 0 Å². The van der Waals surface area contributed by atoms with Gasteiger partial charge >= 0.3 is 0 Å². The largest absolute Gasteiger partial charge is 0.496 e. The predicted octanol–water partition coefficient (Wildman–Crippen LogP) is 5.37. The molecule has 0 radical (unpaired) electrons. The molecule has 0 aliphatic carbocycles. The first-order valence-corrected chi connectivity index (χ1v) is 12.5. The summed E-state index contributed by atoms with van der Waals surface area (Å²) in [6, 6.07) is 15.5. The quantitative estimate of drug-likeness (QED) is 0.457. The fourth-order valence-electron chi connectivity index (χ4n) is 4.30. The zero-order valence-electron chi connectivity index (χ0n) is 19.2. The zero-order chi connectivity index (χ0) is 22.1. The summed E-state index contributed by atoms with van der Waals surface area (Å²) in [6.07, 6.45) is 5.50. The van der Waals surface area contributed by atoms with E-state index >= 15 is 0 Å². The van der Waals surface area contributed by atoms with Crippen LogP contribution in [0.15, 0.2) is 47.4 Å². The van der Waals surface area contributed by atoms with E-state index in [1.54, 1.807) is 7.11 Å². The maximum Gasteiger partial charge on any atom is 0.123 e. The van der Waals surface area contributed by atoms with Crippen LogP contribution in [0.25, 0.3) is 0 Å². The van der Waals surface area contributed by atoms with Crippen LogP contribution in [-0.2, 0) is 11.2 Å². The molecule has 0 saturated heterocycles. The summed E-state index contributed by atoms with van der Waals surface area (Å²) >= 11 is 1.95. The van der Waals surface area contributed by atoms with Crippen LogP contribution >= 0.6 is 11.8 Å². The van der Waals surface area contributed by atoms with Crippen molar-refractivity contribution in [3.63, 3.8) is 0 Å². The first-order chi connectivity index (χ1) is 15.2. The summed E-state index contributed by atoms with van der Waals surface area (Å²) in [5.74, 6) is 1.98. The van der Waals surface area contributed by atoms with Gasteiger partial charge in [-0.15, -0.1) is 11.8 Å². The smallest absolute Gasteiger partial charge is 0.123 e. The highest BCUT2D eigenvalue weighted by Crippen LogP contribution is 2.43. The van der Waals surface area contributed by atoms with E-state index < -0.39 is 0 Å². The minimum absolute atomic E-state index is 0.0504. The second-order valence-corrected chi connectivity index (χ2v) is 9.32. The summed E-state index contributed by atoms with van der Waals surface area (Å²) in [7, 11) is 1.74. The predicted molar refractivity (Wildman–Crippen MR) is 129 cm³/mol. The maximum absolute atomic E-state index is 8.99. The average molecular weight is 444 g/mol. The molecule has 3 rings (SSSR count). The van der Waals surface area contributed by atoms with E-state index in [2.05, 4.69) is 61.6 Å². The molecule has 0 amide bonds. The molecule has 0 fully saturated rings. The highest BCUT2D eigenvalue weighted by atomic mass is 32.2. The van der Waals surface area contributed by atoms with E-state index in [-0.39, 0.29) is 18.2 Å². The number of thioether (sulfide) groups is 1. The minimum Gasteiger partial charge on any atom is -0.496 e. The van der Waals surface area contributed by atoms with Gasteiger partial charge in [-0.25, -0.2) is 0 Å². The molecule has 5 heteroatoms. The number of benzene rings is 2. The lowest BCUT2D eigenvalue weighted by Crippen LogP contribution is -2.48. The molecule has 1 aliphatic heterocycles. The van der Waals surface area contributed by atoms with Gasteiger partial charge in [-0.05, 0) is 48.1 Å². The SMILES string of the molecule is CCCC[C@]1(CC)CSc2cc(OC)c(CCOCCO)cc2[C@H](c2ccccc2)N1. The van der Waals surface area contributed by atoms with Crippen LogP contribution in [0.1, 0.15) is 62.3 Å². The second kappa shape index (κ2) is 11.9. The van der Waals surface area contributed by atoms with Gasteiger partial charge in [0.25, 0.3) is 0 Å². The van der Waals surface area contributed by atoms with Gasteiger partial charge in [-0.3, -0.25) is 5.32 Å². The molecule has 2 atom stereocenters. The number of methoxy groups -OCH3 is 1. The third-order valence-electron chi connectivity index (χ3n) is 6.25.